The lowest BCUT2D eigenvalue weighted by atomic mass is 9.78. The van der Waals surface area contributed by atoms with Gasteiger partial charge in [-0.05, 0) is 58.0 Å². The van der Waals surface area contributed by atoms with Gasteiger partial charge in [0.05, 0.1) is 6.61 Å². The summed E-state index contributed by atoms with van der Waals surface area (Å²) in [5, 5.41) is 13.1. The van der Waals surface area contributed by atoms with Crippen LogP contribution in [0.25, 0.3) is 0 Å². The standard InChI is InChI=1S/C15H30N2O/c1-3-17(11-13-6-4-7-13)14-8-5-9-15(10-14,12-18)16-2/h13-14,16,18H,3-12H2,1-2H3. The van der Waals surface area contributed by atoms with Crippen LogP contribution in [-0.4, -0.2) is 48.3 Å². The molecular weight excluding hydrogens is 224 g/mol. The van der Waals surface area contributed by atoms with Crippen LogP contribution in [-0.2, 0) is 0 Å². The molecule has 3 nitrogen and oxygen atoms in total. The van der Waals surface area contributed by atoms with Crippen molar-refractivity contribution in [3.05, 3.63) is 0 Å². The van der Waals surface area contributed by atoms with Crippen LogP contribution in [0.4, 0.5) is 0 Å². The number of rotatable bonds is 6. The number of nitrogens with one attached hydrogen (secondary N) is 1. The van der Waals surface area contributed by atoms with Crippen molar-refractivity contribution in [3.63, 3.8) is 0 Å². The highest BCUT2D eigenvalue weighted by Crippen LogP contribution is 2.33. The molecule has 2 aliphatic carbocycles. The third-order valence-corrected chi connectivity index (χ3v) is 5.29. The summed E-state index contributed by atoms with van der Waals surface area (Å²) in [6.07, 6.45) is 9.08. The Balaban J connectivity index is 1.92. The molecule has 0 amide bonds. The van der Waals surface area contributed by atoms with E-state index in [1.165, 1.54) is 38.6 Å². The average molecular weight is 254 g/mol. The first-order valence-corrected chi connectivity index (χ1v) is 7.77. The molecule has 106 valence electrons. The van der Waals surface area contributed by atoms with E-state index in [4.69, 9.17) is 0 Å². The average Bonchev–Trinajstić information content (AvgIpc) is 2.38. The topological polar surface area (TPSA) is 35.5 Å². The predicted octanol–water partition coefficient (Wildman–Crippen LogP) is 2.00. The molecule has 0 aromatic rings. The number of aliphatic hydroxyl groups is 1. The Morgan fingerprint density at radius 1 is 1.28 bits per heavy atom. The zero-order valence-electron chi connectivity index (χ0n) is 12.1. The Labute approximate surface area is 112 Å². The first kappa shape index (κ1) is 14.3. The summed E-state index contributed by atoms with van der Waals surface area (Å²) in [6, 6.07) is 0.670. The highest BCUT2D eigenvalue weighted by atomic mass is 16.3. The number of aliphatic hydroxyl groups excluding tert-OH is 1. The molecule has 0 aliphatic heterocycles. The van der Waals surface area contributed by atoms with Crippen LogP contribution in [0.5, 0.6) is 0 Å². The van der Waals surface area contributed by atoms with Gasteiger partial charge in [0.2, 0.25) is 0 Å². The summed E-state index contributed by atoms with van der Waals surface area (Å²) in [6.45, 7) is 5.01. The summed E-state index contributed by atoms with van der Waals surface area (Å²) in [5.74, 6) is 0.949. The molecule has 0 heterocycles. The van der Waals surface area contributed by atoms with Gasteiger partial charge < -0.3 is 15.3 Å². The van der Waals surface area contributed by atoms with E-state index in [-0.39, 0.29) is 12.1 Å². The summed E-state index contributed by atoms with van der Waals surface area (Å²) in [5.41, 5.74) is -0.0179. The van der Waals surface area contributed by atoms with Crippen LogP contribution in [0.2, 0.25) is 0 Å². The van der Waals surface area contributed by atoms with Crippen molar-refractivity contribution in [2.45, 2.75) is 63.5 Å². The second-order valence-corrected chi connectivity index (χ2v) is 6.32. The van der Waals surface area contributed by atoms with Gasteiger partial charge in [0.1, 0.15) is 0 Å². The summed E-state index contributed by atoms with van der Waals surface area (Å²) < 4.78 is 0. The van der Waals surface area contributed by atoms with Crippen LogP contribution in [0.3, 0.4) is 0 Å². The van der Waals surface area contributed by atoms with Crippen LogP contribution in [0, 0.1) is 5.92 Å². The van der Waals surface area contributed by atoms with E-state index in [2.05, 4.69) is 17.1 Å². The van der Waals surface area contributed by atoms with Gasteiger partial charge >= 0.3 is 0 Å². The molecule has 2 unspecified atom stereocenters. The largest absolute Gasteiger partial charge is 0.394 e. The fraction of sp³-hybridized carbons (Fsp3) is 1.00. The lowest BCUT2D eigenvalue weighted by molar-refractivity contribution is 0.0508. The molecule has 0 aromatic carbocycles. The van der Waals surface area contributed by atoms with E-state index in [0.717, 1.165) is 25.3 Å². The molecule has 3 heteroatoms. The monoisotopic (exact) mass is 254 g/mol. The van der Waals surface area contributed by atoms with Gasteiger partial charge in [0, 0.05) is 18.1 Å². The lowest BCUT2D eigenvalue weighted by Gasteiger charge is -2.45. The normalized spacial score (nSPS) is 33.7. The quantitative estimate of drug-likeness (QED) is 0.761. The molecule has 2 N–H and O–H groups in total. The molecule has 18 heavy (non-hydrogen) atoms. The molecule has 2 aliphatic rings. The fourth-order valence-corrected chi connectivity index (χ4v) is 3.64. The van der Waals surface area contributed by atoms with E-state index < -0.39 is 0 Å². The van der Waals surface area contributed by atoms with Crippen molar-refractivity contribution in [2.75, 3.05) is 26.7 Å². The van der Waals surface area contributed by atoms with Gasteiger partial charge in [-0.15, -0.1) is 0 Å². The van der Waals surface area contributed by atoms with Gasteiger partial charge in [-0.1, -0.05) is 13.3 Å². The molecule has 2 fully saturated rings. The Morgan fingerprint density at radius 2 is 2.06 bits per heavy atom. The maximum absolute atomic E-state index is 9.67. The molecular formula is C15H30N2O. The molecule has 2 atom stereocenters. The summed E-state index contributed by atoms with van der Waals surface area (Å²) in [4.78, 5) is 2.67. The maximum Gasteiger partial charge on any atom is 0.0613 e. The third-order valence-electron chi connectivity index (χ3n) is 5.29. The lowest BCUT2D eigenvalue weighted by Crippen LogP contribution is -2.55. The highest BCUT2D eigenvalue weighted by Gasteiger charge is 2.37. The van der Waals surface area contributed by atoms with Crippen LogP contribution in [0.1, 0.15) is 51.9 Å². The zero-order valence-corrected chi connectivity index (χ0v) is 12.1. The van der Waals surface area contributed by atoms with Gasteiger partial charge in [-0.2, -0.15) is 0 Å². The second kappa shape index (κ2) is 6.36. The van der Waals surface area contributed by atoms with E-state index in [1.54, 1.807) is 0 Å². The molecule has 0 bridgehead atoms. The maximum atomic E-state index is 9.67. The molecule has 0 aromatic heterocycles. The zero-order chi connectivity index (χ0) is 13.0. The summed E-state index contributed by atoms with van der Waals surface area (Å²) >= 11 is 0. The van der Waals surface area contributed by atoms with Crippen molar-refractivity contribution in [3.8, 4) is 0 Å². The second-order valence-electron chi connectivity index (χ2n) is 6.32. The number of nitrogens with zero attached hydrogens (tertiary/aromatic N) is 1. The van der Waals surface area contributed by atoms with Crippen molar-refractivity contribution in [1.82, 2.24) is 10.2 Å². The Hall–Kier alpha value is -0.120. The van der Waals surface area contributed by atoms with Crippen molar-refractivity contribution < 1.29 is 5.11 Å². The third kappa shape index (κ3) is 3.06. The minimum absolute atomic E-state index is 0.0179. The summed E-state index contributed by atoms with van der Waals surface area (Å²) in [7, 11) is 2.00. The van der Waals surface area contributed by atoms with Gasteiger partial charge in [-0.25, -0.2) is 0 Å². The van der Waals surface area contributed by atoms with Gasteiger partial charge in [0.15, 0.2) is 0 Å². The van der Waals surface area contributed by atoms with E-state index >= 15 is 0 Å². The number of hydrogen-bond donors (Lipinski definition) is 2. The SMILES string of the molecule is CCN(CC1CCC1)C1CCCC(CO)(NC)C1. The molecule has 2 saturated carbocycles. The Kier molecular flexibility index (Phi) is 5.05. The molecule has 0 saturated heterocycles. The van der Waals surface area contributed by atoms with Gasteiger partial charge in [0.25, 0.3) is 0 Å². The smallest absolute Gasteiger partial charge is 0.0613 e. The number of hydrogen-bond acceptors (Lipinski definition) is 3. The minimum atomic E-state index is -0.0179. The molecule has 0 spiro atoms. The highest BCUT2D eigenvalue weighted by molar-refractivity contribution is 4.96. The fourth-order valence-electron chi connectivity index (χ4n) is 3.64. The Morgan fingerprint density at radius 3 is 2.56 bits per heavy atom. The van der Waals surface area contributed by atoms with Crippen LogP contribution < -0.4 is 5.32 Å². The van der Waals surface area contributed by atoms with Gasteiger partial charge in [-0.3, -0.25) is 0 Å². The van der Waals surface area contributed by atoms with Crippen molar-refractivity contribution >= 4 is 0 Å². The van der Waals surface area contributed by atoms with E-state index in [0.29, 0.717) is 6.04 Å². The van der Waals surface area contributed by atoms with E-state index in [1.807, 2.05) is 7.05 Å². The number of likely N-dealkylation sites (N-methyl/N-ethyl adjacent to an activating group) is 1. The molecule has 0 radical (unpaired) electrons. The van der Waals surface area contributed by atoms with Crippen molar-refractivity contribution in [1.29, 1.82) is 0 Å². The van der Waals surface area contributed by atoms with Crippen LogP contribution in [0.15, 0.2) is 0 Å². The first-order chi connectivity index (χ1) is 8.73. The first-order valence-electron chi connectivity index (χ1n) is 7.77. The van der Waals surface area contributed by atoms with Crippen molar-refractivity contribution in [2.24, 2.45) is 5.92 Å². The minimum Gasteiger partial charge on any atom is -0.394 e. The predicted molar refractivity (Wildman–Crippen MR) is 75.7 cm³/mol. The van der Waals surface area contributed by atoms with E-state index in [9.17, 15) is 5.11 Å². The Bertz CT molecular complexity index is 249. The van der Waals surface area contributed by atoms with Crippen LogP contribution >= 0.6 is 0 Å². The molecule has 2 rings (SSSR count).